The van der Waals surface area contributed by atoms with E-state index in [4.69, 9.17) is 0 Å². The molecule has 0 saturated heterocycles. The van der Waals surface area contributed by atoms with Crippen molar-refractivity contribution in [2.45, 2.75) is 4.87 Å². The molecule has 0 saturated carbocycles. The highest BCUT2D eigenvalue weighted by molar-refractivity contribution is 8.14. The minimum absolute atomic E-state index is 0.184. The highest BCUT2D eigenvalue weighted by atomic mass is 32.2. The quantitative estimate of drug-likeness (QED) is 0.625. The molecule has 2 heterocycles. The zero-order chi connectivity index (χ0) is 8.73. The number of hydrogen-bond donors (Lipinski definition) is 1. The summed E-state index contributed by atoms with van der Waals surface area (Å²) in [6, 6.07) is 0. The minimum Gasteiger partial charge on any atom is -0.353 e. The Kier molecular flexibility index (Phi) is 1.29. The summed E-state index contributed by atoms with van der Waals surface area (Å²) in [6.07, 6.45) is 9.69. The second kappa shape index (κ2) is 2.35. The molecule has 1 aliphatic carbocycles. The number of allylic oxidation sites excluding steroid dienone is 2. The van der Waals surface area contributed by atoms with E-state index >= 15 is 0 Å². The Morgan fingerprint density at radius 1 is 1.46 bits per heavy atom. The molecule has 3 rings (SSSR count). The number of rotatable bonds is 0. The Balaban J connectivity index is 2.19. The van der Waals surface area contributed by atoms with Gasteiger partial charge in [0.15, 0.2) is 4.87 Å². The van der Waals surface area contributed by atoms with Gasteiger partial charge in [-0.05, 0) is 6.08 Å². The van der Waals surface area contributed by atoms with E-state index in [9.17, 15) is 0 Å². The molecular weight excluding hydrogens is 182 g/mol. The first-order valence-electron chi connectivity index (χ1n) is 4.01. The van der Waals surface area contributed by atoms with Crippen molar-refractivity contribution in [1.82, 2.24) is 5.32 Å². The Morgan fingerprint density at radius 2 is 2.46 bits per heavy atom. The molecule has 0 bridgehead atoms. The van der Waals surface area contributed by atoms with Crippen LogP contribution < -0.4 is 5.32 Å². The molecule has 3 nitrogen and oxygen atoms in total. The molecule has 0 aromatic carbocycles. The van der Waals surface area contributed by atoms with Crippen molar-refractivity contribution in [3.8, 4) is 0 Å². The van der Waals surface area contributed by atoms with Gasteiger partial charge in [0.05, 0.1) is 17.6 Å². The fourth-order valence-electron chi connectivity index (χ4n) is 1.62. The average molecular weight is 189 g/mol. The molecule has 3 aliphatic rings. The van der Waals surface area contributed by atoms with Crippen molar-refractivity contribution < 1.29 is 0 Å². The average Bonchev–Trinajstić information content (AvgIpc) is 2.58. The van der Waals surface area contributed by atoms with E-state index in [0.29, 0.717) is 0 Å². The molecule has 0 fully saturated rings. The Labute approximate surface area is 80.0 Å². The predicted molar refractivity (Wildman–Crippen MR) is 55.7 cm³/mol. The van der Waals surface area contributed by atoms with Crippen LogP contribution in [0, 0.1) is 0 Å². The summed E-state index contributed by atoms with van der Waals surface area (Å²) in [5.41, 5.74) is 4.09. The zero-order valence-corrected chi connectivity index (χ0v) is 7.58. The summed E-state index contributed by atoms with van der Waals surface area (Å²) < 4.78 is 0. The number of hydrogen-bond acceptors (Lipinski definition) is 4. The lowest BCUT2D eigenvalue weighted by Gasteiger charge is -2.33. The van der Waals surface area contributed by atoms with Crippen LogP contribution in [-0.4, -0.2) is 16.8 Å². The minimum atomic E-state index is -0.184. The van der Waals surface area contributed by atoms with Crippen molar-refractivity contribution in [3.05, 3.63) is 35.7 Å². The number of nitrogens with zero attached hydrogens (tertiary/aromatic N) is 2. The van der Waals surface area contributed by atoms with E-state index in [1.54, 1.807) is 18.1 Å². The van der Waals surface area contributed by atoms with E-state index in [1.165, 1.54) is 0 Å². The molecule has 1 N–H and O–H groups in total. The Bertz CT molecular complexity index is 403. The third kappa shape index (κ3) is 0.808. The lowest BCUT2D eigenvalue weighted by molar-refractivity contribution is 0.733. The van der Waals surface area contributed by atoms with E-state index in [-0.39, 0.29) is 4.87 Å². The summed E-state index contributed by atoms with van der Waals surface area (Å²) in [5.74, 6) is 0. The summed E-state index contributed by atoms with van der Waals surface area (Å²) in [6.45, 7) is 0. The Morgan fingerprint density at radius 3 is 3.46 bits per heavy atom. The van der Waals surface area contributed by atoms with Crippen molar-refractivity contribution in [2.75, 3.05) is 0 Å². The summed E-state index contributed by atoms with van der Waals surface area (Å²) in [7, 11) is 0. The van der Waals surface area contributed by atoms with Gasteiger partial charge in [-0.1, -0.05) is 23.9 Å². The molecule has 1 spiro atoms. The molecule has 1 unspecified atom stereocenters. The first-order valence-corrected chi connectivity index (χ1v) is 4.89. The molecule has 0 amide bonds. The highest BCUT2D eigenvalue weighted by Gasteiger charge is 2.42. The third-order valence-corrected chi connectivity index (χ3v) is 3.40. The molecule has 64 valence electrons. The van der Waals surface area contributed by atoms with Crippen molar-refractivity contribution in [3.63, 3.8) is 0 Å². The summed E-state index contributed by atoms with van der Waals surface area (Å²) in [4.78, 5) is 8.20. The lowest BCUT2D eigenvalue weighted by atomic mass is 9.98. The second-order valence-corrected chi connectivity index (χ2v) is 4.01. The predicted octanol–water partition coefficient (Wildman–Crippen LogP) is 1.43. The van der Waals surface area contributed by atoms with Crippen LogP contribution in [0.5, 0.6) is 0 Å². The van der Waals surface area contributed by atoms with Crippen LogP contribution in [-0.2, 0) is 0 Å². The molecule has 0 radical (unpaired) electrons. The fraction of sp³-hybridized carbons (Fsp3) is 0.111. The molecule has 4 heteroatoms. The molecular formula is C9H7N3S. The van der Waals surface area contributed by atoms with Crippen molar-refractivity contribution in [2.24, 2.45) is 9.98 Å². The monoisotopic (exact) mass is 189 g/mol. The first-order chi connectivity index (χ1) is 6.42. The smallest absolute Gasteiger partial charge is 0.160 e. The SMILES string of the molecule is C1=CC2=CN=CNC23SC=NC3=C1. The van der Waals surface area contributed by atoms with Gasteiger partial charge in [-0.2, -0.15) is 0 Å². The van der Waals surface area contributed by atoms with Crippen LogP contribution in [0.4, 0.5) is 0 Å². The maximum atomic E-state index is 4.32. The van der Waals surface area contributed by atoms with Crippen LogP contribution in [0.3, 0.4) is 0 Å². The van der Waals surface area contributed by atoms with Crippen LogP contribution >= 0.6 is 11.8 Å². The third-order valence-electron chi connectivity index (χ3n) is 2.27. The van der Waals surface area contributed by atoms with Crippen LogP contribution in [0.25, 0.3) is 0 Å². The van der Waals surface area contributed by atoms with Gasteiger partial charge in [-0.3, -0.25) is 4.99 Å². The Hall–Kier alpha value is -1.29. The van der Waals surface area contributed by atoms with E-state index in [1.807, 2.05) is 23.9 Å². The summed E-state index contributed by atoms with van der Waals surface area (Å²) in [5, 5.41) is 3.25. The number of aliphatic imine (C=N–C) groups is 2. The van der Waals surface area contributed by atoms with Gasteiger partial charge in [-0.25, -0.2) is 4.99 Å². The number of thioether (sulfide) groups is 1. The van der Waals surface area contributed by atoms with Crippen molar-refractivity contribution in [1.29, 1.82) is 0 Å². The standard InChI is InChI=1S/C9H7N3S/c1-2-7-4-10-5-12-9(7)8(3-1)11-6-13-9/h1-6H,(H,10,12). The van der Waals surface area contributed by atoms with E-state index < -0.39 is 0 Å². The summed E-state index contributed by atoms with van der Waals surface area (Å²) >= 11 is 1.68. The van der Waals surface area contributed by atoms with Crippen LogP contribution in [0.15, 0.2) is 45.7 Å². The van der Waals surface area contributed by atoms with Crippen LogP contribution in [0.1, 0.15) is 0 Å². The fourth-order valence-corrected chi connectivity index (χ4v) is 2.56. The van der Waals surface area contributed by atoms with Gasteiger partial charge in [0.2, 0.25) is 0 Å². The van der Waals surface area contributed by atoms with Gasteiger partial charge >= 0.3 is 0 Å². The maximum Gasteiger partial charge on any atom is 0.160 e. The molecule has 13 heavy (non-hydrogen) atoms. The van der Waals surface area contributed by atoms with Gasteiger partial charge in [0.25, 0.3) is 0 Å². The van der Waals surface area contributed by atoms with Gasteiger partial charge in [-0.15, -0.1) is 0 Å². The first kappa shape index (κ1) is 7.15. The largest absolute Gasteiger partial charge is 0.353 e. The second-order valence-electron chi connectivity index (χ2n) is 2.95. The topological polar surface area (TPSA) is 36.8 Å². The lowest BCUT2D eigenvalue weighted by Crippen LogP contribution is -2.44. The molecule has 1 atom stereocenters. The molecule has 0 aromatic rings. The van der Waals surface area contributed by atoms with E-state index in [0.717, 1.165) is 11.3 Å². The maximum absolute atomic E-state index is 4.32. The van der Waals surface area contributed by atoms with Gasteiger partial charge < -0.3 is 5.32 Å². The van der Waals surface area contributed by atoms with Gasteiger partial charge in [0, 0.05) is 11.8 Å². The molecule has 0 aromatic heterocycles. The van der Waals surface area contributed by atoms with Crippen LogP contribution in [0.2, 0.25) is 0 Å². The van der Waals surface area contributed by atoms with Gasteiger partial charge in [0.1, 0.15) is 0 Å². The highest BCUT2D eigenvalue weighted by Crippen LogP contribution is 2.44. The number of nitrogens with one attached hydrogen (secondary N) is 1. The van der Waals surface area contributed by atoms with E-state index in [2.05, 4.69) is 21.4 Å². The van der Waals surface area contributed by atoms with Crippen molar-refractivity contribution >= 4 is 23.6 Å². The normalized spacial score (nSPS) is 33.2. The zero-order valence-electron chi connectivity index (χ0n) is 6.77. The molecule has 2 aliphatic heterocycles.